The maximum absolute atomic E-state index is 6.24. The number of piperidine rings is 1. The Labute approximate surface area is 131 Å². The van der Waals surface area contributed by atoms with Crippen molar-refractivity contribution in [1.82, 2.24) is 10.6 Å². The zero-order chi connectivity index (χ0) is 14.5. The van der Waals surface area contributed by atoms with E-state index in [2.05, 4.69) is 47.0 Å². The molecule has 1 aliphatic heterocycles. The first kappa shape index (κ1) is 14.6. The van der Waals surface area contributed by atoms with E-state index in [1.165, 1.54) is 18.4 Å². The Morgan fingerprint density at radius 1 is 1.05 bits per heavy atom. The summed E-state index contributed by atoms with van der Waals surface area (Å²) in [7, 11) is 0. The summed E-state index contributed by atoms with van der Waals surface area (Å²) >= 11 is 6.24. The van der Waals surface area contributed by atoms with Gasteiger partial charge in [0.05, 0.1) is 0 Å². The Kier molecular flexibility index (Phi) is 4.91. The minimum absolute atomic E-state index is 0.377. The van der Waals surface area contributed by atoms with Crippen LogP contribution in [0.3, 0.4) is 0 Å². The lowest BCUT2D eigenvalue weighted by atomic mass is 9.92. The van der Waals surface area contributed by atoms with Crippen LogP contribution in [0.15, 0.2) is 54.6 Å². The first-order chi connectivity index (χ1) is 10.3. The second-order valence-electron chi connectivity index (χ2n) is 5.56. The van der Waals surface area contributed by atoms with Gasteiger partial charge in [-0.2, -0.15) is 0 Å². The van der Waals surface area contributed by atoms with E-state index in [0.717, 1.165) is 23.7 Å². The lowest BCUT2D eigenvalue weighted by Crippen LogP contribution is -2.45. The average Bonchev–Trinajstić information content (AvgIpc) is 2.55. The molecule has 1 fully saturated rings. The predicted molar refractivity (Wildman–Crippen MR) is 88.5 cm³/mol. The van der Waals surface area contributed by atoms with Crippen LogP contribution in [0.5, 0.6) is 0 Å². The SMILES string of the molecule is Clc1ccccc1CN[C@@H]1CCCN[C@@H]1c1ccccc1. The highest BCUT2D eigenvalue weighted by molar-refractivity contribution is 6.31. The molecule has 0 aliphatic carbocycles. The van der Waals surface area contributed by atoms with Gasteiger partial charge in [0.15, 0.2) is 0 Å². The third-order valence-electron chi connectivity index (χ3n) is 4.13. The Bertz CT molecular complexity index is 570. The summed E-state index contributed by atoms with van der Waals surface area (Å²) in [5, 5.41) is 8.16. The van der Waals surface area contributed by atoms with E-state index in [9.17, 15) is 0 Å². The van der Waals surface area contributed by atoms with Crippen LogP contribution in [-0.4, -0.2) is 12.6 Å². The normalized spacial score (nSPS) is 22.1. The van der Waals surface area contributed by atoms with Crippen molar-refractivity contribution in [3.63, 3.8) is 0 Å². The fourth-order valence-electron chi connectivity index (χ4n) is 3.00. The summed E-state index contributed by atoms with van der Waals surface area (Å²) in [5.41, 5.74) is 2.52. The number of nitrogens with one attached hydrogen (secondary N) is 2. The van der Waals surface area contributed by atoms with Gasteiger partial charge >= 0.3 is 0 Å². The molecule has 2 aromatic carbocycles. The molecule has 0 bridgehead atoms. The Balaban J connectivity index is 1.69. The van der Waals surface area contributed by atoms with E-state index >= 15 is 0 Å². The van der Waals surface area contributed by atoms with Gasteiger partial charge in [0.25, 0.3) is 0 Å². The first-order valence-electron chi connectivity index (χ1n) is 7.60. The van der Waals surface area contributed by atoms with Gasteiger partial charge in [-0.15, -0.1) is 0 Å². The molecule has 2 aromatic rings. The van der Waals surface area contributed by atoms with Crippen LogP contribution in [0.4, 0.5) is 0 Å². The third-order valence-corrected chi connectivity index (χ3v) is 4.50. The smallest absolute Gasteiger partial charge is 0.0476 e. The van der Waals surface area contributed by atoms with Crippen LogP contribution in [0.2, 0.25) is 5.02 Å². The molecule has 0 radical (unpaired) electrons. The van der Waals surface area contributed by atoms with Crippen molar-refractivity contribution >= 4 is 11.6 Å². The van der Waals surface area contributed by atoms with Crippen molar-refractivity contribution in [3.05, 3.63) is 70.7 Å². The summed E-state index contributed by atoms with van der Waals surface area (Å²) in [6.07, 6.45) is 2.40. The number of hydrogen-bond acceptors (Lipinski definition) is 2. The zero-order valence-electron chi connectivity index (χ0n) is 12.1. The molecule has 3 heteroatoms. The fraction of sp³-hybridized carbons (Fsp3) is 0.333. The molecule has 110 valence electrons. The van der Waals surface area contributed by atoms with Crippen molar-refractivity contribution < 1.29 is 0 Å². The monoisotopic (exact) mass is 300 g/mol. The number of rotatable bonds is 4. The maximum Gasteiger partial charge on any atom is 0.0476 e. The second kappa shape index (κ2) is 7.08. The summed E-state index contributed by atoms with van der Waals surface area (Å²) in [6.45, 7) is 1.90. The highest BCUT2D eigenvalue weighted by Gasteiger charge is 2.25. The largest absolute Gasteiger partial charge is 0.309 e. The molecule has 2 nitrogen and oxygen atoms in total. The van der Waals surface area contributed by atoms with Crippen molar-refractivity contribution in [2.75, 3.05) is 6.54 Å². The number of benzene rings is 2. The number of hydrogen-bond donors (Lipinski definition) is 2. The van der Waals surface area contributed by atoms with Crippen molar-refractivity contribution in [3.8, 4) is 0 Å². The second-order valence-corrected chi connectivity index (χ2v) is 5.97. The summed E-state index contributed by atoms with van der Waals surface area (Å²) in [5.74, 6) is 0. The predicted octanol–water partition coefficient (Wildman–Crippen LogP) is 3.92. The zero-order valence-corrected chi connectivity index (χ0v) is 12.8. The molecule has 0 spiro atoms. The van der Waals surface area contributed by atoms with Gasteiger partial charge in [-0.25, -0.2) is 0 Å². The third kappa shape index (κ3) is 3.65. The molecule has 1 heterocycles. The molecule has 21 heavy (non-hydrogen) atoms. The first-order valence-corrected chi connectivity index (χ1v) is 7.97. The van der Waals surface area contributed by atoms with Crippen molar-refractivity contribution in [1.29, 1.82) is 0 Å². The Morgan fingerprint density at radius 2 is 1.81 bits per heavy atom. The molecule has 0 aromatic heterocycles. The standard InChI is InChI=1S/C18H21ClN2/c19-16-10-5-4-9-15(16)13-21-17-11-6-12-20-18(17)14-7-2-1-3-8-14/h1-5,7-10,17-18,20-21H,6,11-13H2/t17-,18-/m1/s1. The summed E-state index contributed by atoms with van der Waals surface area (Å²) in [6, 6.07) is 19.6. The highest BCUT2D eigenvalue weighted by atomic mass is 35.5. The van der Waals surface area contributed by atoms with Gasteiger partial charge in [-0.3, -0.25) is 0 Å². The van der Waals surface area contributed by atoms with Gasteiger partial charge < -0.3 is 10.6 Å². The van der Waals surface area contributed by atoms with Crippen LogP contribution in [-0.2, 0) is 6.54 Å². The van der Waals surface area contributed by atoms with Gasteiger partial charge in [0, 0.05) is 23.7 Å². The van der Waals surface area contributed by atoms with E-state index in [1.807, 2.05) is 18.2 Å². The van der Waals surface area contributed by atoms with Crippen molar-refractivity contribution in [2.24, 2.45) is 0 Å². The number of halogens is 1. The van der Waals surface area contributed by atoms with Crippen LogP contribution < -0.4 is 10.6 Å². The summed E-state index contributed by atoms with van der Waals surface area (Å²) in [4.78, 5) is 0. The maximum atomic E-state index is 6.24. The van der Waals surface area contributed by atoms with Gasteiger partial charge in [0.2, 0.25) is 0 Å². The lowest BCUT2D eigenvalue weighted by Gasteiger charge is -2.34. The lowest BCUT2D eigenvalue weighted by molar-refractivity contribution is 0.304. The van der Waals surface area contributed by atoms with Crippen LogP contribution >= 0.6 is 11.6 Å². The van der Waals surface area contributed by atoms with Crippen LogP contribution in [0.25, 0.3) is 0 Å². The van der Waals surface area contributed by atoms with E-state index in [0.29, 0.717) is 12.1 Å². The van der Waals surface area contributed by atoms with Gasteiger partial charge in [-0.05, 0) is 36.6 Å². The molecule has 1 aliphatic rings. The van der Waals surface area contributed by atoms with Gasteiger partial charge in [0.1, 0.15) is 0 Å². The molecular formula is C18H21ClN2. The minimum atomic E-state index is 0.377. The molecular weight excluding hydrogens is 280 g/mol. The summed E-state index contributed by atoms with van der Waals surface area (Å²) < 4.78 is 0. The molecule has 0 unspecified atom stereocenters. The highest BCUT2D eigenvalue weighted by Crippen LogP contribution is 2.24. The van der Waals surface area contributed by atoms with Crippen LogP contribution in [0.1, 0.15) is 30.0 Å². The molecule has 1 saturated heterocycles. The van der Waals surface area contributed by atoms with Gasteiger partial charge in [-0.1, -0.05) is 60.1 Å². The molecule has 2 N–H and O–H groups in total. The quantitative estimate of drug-likeness (QED) is 0.894. The molecule has 2 atom stereocenters. The molecule has 3 rings (SSSR count). The van der Waals surface area contributed by atoms with E-state index in [1.54, 1.807) is 0 Å². The van der Waals surface area contributed by atoms with E-state index in [4.69, 9.17) is 11.6 Å². The van der Waals surface area contributed by atoms with Crippen molar-refractivity contribution in [2.45, 2.75) is 31.5 Å². The molecule has 0 saturated carbocycles. The van der Waals surface area contributed by atoms with E-state index < -0.39 is 0 Å². The molecule has 0 amide bonds. The topological polar surface area (TPSA) is 24.1 Å². The fourth-order valence-corrected chi connectivity index (χ4v) is 3.20. The average molecular weight is 301 g/mol. The van der Waals surface area contributed by atoms with E-state index in [-0.39, 0.29) is 0 Å². The van der Waals surface area contributed by atoms with Crippen LogP contribution in [0, 0.1) is 0 Å². The Morgan fingerprint density at radius 3 is 2.62 bits per heavy atom. The minimum Gasteiger partial charge on any atom is -0.309 e. The Hall–Kier alpha value is -1.35.